The standard InChI is InChI=1S/C11H15N3O2/c1-8-6-10(13-7-12-8)14-5-3-4-9(14)11(15)16-2/h6-7,9H,3-5H2,1-2H3. The van der Waals surface area contributed by atoms with E-state index >= 15 is 0 Å². The summed E-state index contributed by atoms with van der Waals surface area (Å²) < 4.78 is 4.79. The van der Waals surface area contributed by atoms with Crippen LogP contribution in [-0.4, -0.2) is 35.6 Å². The number of carbonyl (C=O) groups is 1. The van der Waals surface area contributed by atoms with Gasteiger partial charge in [0.25, 0.3) is 0 Å². The summed E-state index contributed by atoms with van der Waals surface area (Å²) in [6, 6.07) is 1.70. The van der Waals surface area contributed by atoms with Crippen molar-refractivity contribution in [2.45, 2.75) is 25.8 Å². The summed E-state index contributed by atoms with van der Waals surface area (Å²) in [5, 5.41) is 0. The summed E-state index contributed by atoms with van der Waals surface area (Å²) in [4.78, 5) is 21.8. The van der Waals surface area contributed by atoms with Crippen LogP contribution in [0.25, 0.3) is 0 Å². The number of anilines is 1. The van der Waals surface area contributed by atoms with Crippen molar-refractivity contribution < 1.29 is 9.53 Å². The Morgan fingerprint density at radius 1 is 1.56 bits per heavy atom. The Morgan fingerprint density at radius 2 is 2.38 bits per heavy atom. The van der Waals surface area contributed by atoms with E-state index in [4.69, 9.17) is 4.74 Å². The van der Waals surface area contributed by atoms with E-state index in [0.29, 0.717) is 0 Å². The van der Waals surface area contributed by atoms with Crippen LogP contribution in [0.1, 0.15) is 18.5 Å². The number of nitrogens with zero attached hydrogens (tertiary/aromatic N) is 3. The summed E-state index contributed by atoms with van der Waals surface area (Å²) in [5.41, 5.74) is 0.903. The number of aryl methyl sites for hydroxylation is 1. The molecule has 86 valence electrons. The molecule has 0 spiro atoms. The highest BCUT2D eigenvalue weighted by Gasteiger charge is 2.32. The minimum atomic E-state index is -0.195. The molecule has 1 aromatic heterocycles. The first kappa shape index (κ1) is 10.9. The molecular weight excluding hydrogens is 206 g/mol. The van der Waals surface area contributed by atoms with Crippen LogP contribution in [0, 0.1) is 6.92 Å². The molecule has 1 aromatic rings. The van der Waals surface area contributed by atoms with Crippen LogP contribution in [0.2, 0.25) is 0 Å². The number of ether oxygens (including phenoxy) is 1. The van der Waals surface area contributed by atoms with Crippen molar-refractivity contribution in [2.75, 3.05) is 18.6 Å². The maximum Gasteiger partial charge on any atom is 0.328 e. The van der Waals surface area contributed by atoms with Gasteiger partial charge in [-0.05, 0) is 19.8 Å². The number of carbonyl (C=O) groups excluding carboxylic acids is 1. The average Bonchev–Trinajstić information content (AvgIpc) is 2.77. The Morgan fingerprint density at radius 3 is 3.06 bits per heavy atom. The summed E-state index contributed by atoms with van der Waals surface area (Å²) >= 11 is 0. The molecule has 0 saturated carbocycles. The topological polar surface area (TPSA) is 55.3 Å². The zero-order valence-electron chi connectivity index (χ0n) is 9.51. The van der Waals surface area contributed by atoms with Gasteiger partial charge in [0.15, 0.2) is 0 Å². The van der Waals surface area contributed by atoms with Crippen molar-refractivity contribution in [3.63, 3.8) is 0 Å². The van der Waals surface area contributed by atoms with Crippen LogP contribution in [0.3, 0.4) is 0 Å². The van der Waals surface area contributed by atoms with Gasteiger partial charge >= 0.3 is 5.97 Å². The number of esters is 1. The van der Waals surface area contributed by atoms with E-state index in [1.807, 2.05) is 17.9 Å². The van der Waals surface area contributed by atoms with Crippen LogP contribution in [-0.2, 0) is 9.53 Å². The average molecular weight is 221 g/mol. The van der Waals surface area contributed by atoms with E-state index < -0.39 is 0 Å². The van der Waals surface area contributed by atoms with Crippen molar-refractivity contribution in [1.82, 2.24) is 9.97 Å². The molecule has 1 aliphatic rings. The van der Waals surface area contributed by atoms with Crippen molar-refractivity contribution in [3.8, 4) is 0 Å². The predicted molar refractivity (Wildman–Crippen MR) is 59.2 cm³/mol. The molecule has 0 aliphatic carbocycles. The molecule has 0 radical (unpaired) electrons. The summed E-state index contributed by atoms with van der Waals surface area (Å²) in [6.07, 6.45) is 3.34. The van der Waals surface area contributed by atoms with Crippen LogP contribution < -0.4 is 4.90 Å². The monoisotopic (exact) mass is 221 g/mol. The lowest BCUT2D eigenvalue weighted by molar-refractivity contribution is -0.141. The Balaban J connectivity index is 2.23. The van der Waals surface area contributed by atoms with Gasteiger partial charge in [0.2, 0.25) is 0 Å². The molecule has 16 heavy (non-hydrogen) atoms. The first-order valence-corrected chi connectivity index (χ1v) is 5.35. The number of methoxy groups -OCH3 is 1. The van der Waals surface area contributed by atoms with Crippen molar-refractivity contribution in [2.24, 2.45) is 0 Å². The number of hydrogen-bond acceptors (Lipinski definition) is 5. The Labute approximate surface area is 94.5 Å². The third-order valence-electron chi connectivity index (χ3n) is 2.81. The molecular formula is C11H15N3O2. The molecule has 0 aromatic carbocycles. The molecule has 5 nitrogen and oxygen atoms in total. The van der Waals surface area contributed by atoms with Gasteiger partial charge in [-0.15, -0.1) is 0 Å². The van der Waals surface area contributed by atoms with Crippen LogP contribution in [0.15, 0.2) is 12.4 Å². The lowest BCUT2D eigenvalue weighted by Gasteiger charge is -2.23. The van der Waals surface area contributed by atoms with E-state index in [9.17, 15) is 4.79 Å². The highest BCUT2D eigenvalue weighted by atomic mass is 16.5. The SMILES string of the molecule is COC(=O)C1CCCN1c1cc(C)ncn1. The molecule has 2 heterocycles. The van der Waals surface area contributed by atoms with Crippen molar-refractivity contribution in [3.05, 3.63) is 18.1 Å². The third kappa shape index (κ3) is 1.98. The molecule has 2 rings (SSSR count). The lowest BCUT2D eigenvalue weighted by atomic mass is 10.2. The van der Waals surface area contributed by atoms with Gasteiger partial charge in [0.1, 0.15) is 18.2 Å². The fourth-order valence-electron chi connectivity index (χ4n) is 2.02. The van der Waals surface area contributed by atoms with E-state index in [1.165, 1.54) is 13.4 Å². The second-order valence-electron chi connectivity index (χ2n) is 3.89. The van der Waals surface area contributed by atoms with Gasteiger partial charge in [-0.1, -0.05) is 0 Å². The highest BCUT2D eigenvalue weighted by molar-refractivity contribution is 5.80. The minimum absolute atomic E-state index is 0.186. The first-order valence-electron chi connectivity index (χ1n) is 5.35. The molecule has 5 heteroatoms. The Kier molecular flexibility index (Phi) is 3.03. The maximum absolute atomic E-state index is 11.6. The molecule has 1 saturated heterocycles. The maximum atomic E-state index is 11.6. The van der Waals surface area contributed by atoms with Gasteiger partial charge in [0.05, 0.1) is 7.11 Å². The van der Waals surface area contributed by atoms with Gasteiger partial charge < -0.3 is 9.64 Å². The second kappa shape index (κ2) is 4.47. The van der Waals surface area contributed by atoms with E-state index in [2.05, 4.69) is 9.97 Å². The number of rotatable bonds is 2. The Bertz CT molecular complexity index is 395. The quantitative estimate of drug-likeness (QED) is 0.695. The molecule has 1 unspecified atom stereocenters. The normalized spacial score (nSPS) is 19.9. The summed E-state index contributed by atoms with van der Waals surface area (Å²) in [7, 11) is 1.42. The molecule has 1 aliphatic heterocycles. The van der Waals surface area contributed by atoms with Crippen LogP contribution in [0.5, 0.6) is 0 Å². The fourth-order valence-corrected chi connectivity index (χ4v) is 2.02. The molecule has 1 fully saturated rings. The van der Waals surface area contributed by atoms with E-state index in [1.54, 1.807) is 0 Å². The van der Waals surface area contributed by atoms with Gasteiger partial charge in [-0.3, -0.25) is 0 Å². The second-order valence-corrected chi connectivity index (χ2v) is 3.89. The smallest absolute Gasteiger partial charge is 0.328 e. The fraction of sp³-hybridized carbons (Fsp3) is 0.545. The van der Waals surface area contributed by atoms with Crippen LogP contribution >= 0.6 is 0 Å². The summed E-state index contributed by atoms with van der Waals surface area (Å²) in [5.74, 6) is 0.620. The van der Waals surface area contributed by atoms with Crippen LogP contribution in [0.4, 0.5) is 5.82 Å². The van der Waals surface area contributed by atoms with Gasteiger partial charge in [0, 0.05) is 18.3 Å². The van der Waals surface area contributed by atoms with E-state index in [-0.39, 0.29) is 12.0 Å². The van der Waals surface area contributed by atoms with E-state index in [0.717, 1.165) is 30.9 Å². The zero-order chi connectivity index (χ0) is 11.5. The first-order chi connectivity index (χ1) is 7.72. The third-order valence-corrected chi connectivity index (χ3v) is 2.81. The lowest BCUT2D eigenvalue weighted by Crippen LogP contribution is -2.37. The molecule has 0 bridgehead atoms. The number of hydrogen-bond donors (Lipinski definition) is 0. The minimum Gasteiger partial charge on any atom is -0.467 e. The largest absolute Gasteiger partial charge is 0.467 e. The highest BCUT2D eigenvalue weighted by Crippen LogP contribution is 2.24. The summed E-state index contributed by atoms with van der Waals surface area (Å²) in [6.45, 7) is 2.75. The van der Waals surface area contributed by atoms with Gasteiger partial charge in [-0.25, -0.2) is 14.8 Å². The van der Waals surface area contributed by atoms with Crippen molar-refractivity contribution >= 4 is 11.8 Å². The zero-order valence-corrected chi connectivity index (χ0v) is 9.51. The Hall–Kier alpha value is -1.65. The number of aromatic nitrogens is 2. The van der Waals surface area contributed by atoms with Gasteiger partial charge in [-0.2, -0.15) is 0 Å². The predicted octanol–water partition coefficient (Wildman–Crippen LogP) is 0.927. The molecule has 1 atom stereocenters. The molecule has 0 N–H and O–H groups in total. The van der Waals surface area contributed by atoms with Crippen molar-refractivity contribution in [1.29, 1.82) is 0 Å². The molecule has 0 amide bonds.